The van der Waals surface area contributed by atoms with E-state index in [-0.39, 0.29) is 5.91 Å². The molecule has 0 aliphatic rings. The van der Waals surface area contributed by atoms with Crippen molar-refractivity contribution in [2.75, 3.05) is 11.9 Å². The first-order valence-corrected chi connectivity index (χ1v) is 9.04. The van der Waals surface area contributed by atoms with Gasteiger partial charge in [-0.2, -0.15) is 0 Å². The summed E-state index contributed by atoms with van der Waals surface area (Å²) in [5.74, 6) is 0.896. The lowest BCUT2D eigenvalue weighted by Crippen LogP contribution is -2.10. The molecule has 1 N–H and O–H groups in total. The summed E-state index contributed by atoms with van der Waals surface area (Å²) in [6, 6.07) is 5.33. The van der Waals surface area contributed by atoms with Crippen LogP contribution in [0.3, 0.4) is 0 Å². The Labute approximate surface area is 163 Å². The minimum absolute atomic E-state index is 0.272. The van der Waals surface area contributed by atoms with Crippen LogP contribution in [0.1, 0.15) is 30.5 Å². The Kier molecular flexibility index (Phi) is 5.51. The molecular weight excluding hydrogens is 364 g/mol. The highest BCUT2D eigenvalue weighted by atomic mass is 35.5. The molecule has 0 fully saturated rings. The van der Waals surface area contributed by atoms with Crippen LogP contribution in [0.2, 0.25) is 5.02 Å². The molecule has 0 aliphatic carbocycles. The van der Waals surface area contributed by atoms with Crippen molar-refractivity contribution in [2.24, 2.45) is 0 Å². The van der Waals surface area contributed by atoms with Gasteiger partial charge in [-0.3, -0.25) is 4.79 Å². The average molecular weight is 385 g/mol. The number of hydrogen-bond acceptors (Lipinski definition) is 4. The number of hydrogen-bond donors (Lipinski definition) is 1. The number of nitrogens with zero attached hydrogens (tertiary/aromatic N) is 1. The normalized spacial score (nSPS) is 11.7. The summed E-state index contributed by atoms with van der Waals surface area (Å²) in [5, 5.41) is 4.26. The molecule has 0 spiro atoms. The third-order valence-electron chi connectivity index (χ3n) is 4.28. The summed E-state index contributed by atoms with van der Waals surface area (Å²) in [5.41, 5.74) is 4.42. The van der Waals surface area contributed by atoms with Gasteiger partial charge in [0.1, 0.15) is 17.2 Å². The lowest BCUT2D eigenvalue weighted by molar-refractivity contribution is -0.111. The van der Waals surface area contributed by atoms with Gasteiger partial charge in [-0.1, -0.05) is 11.6 Å². The van der Waals surface area contributed by atoms with Gasteiger partial charge in [0.05, 0.1) is 17.9 Å². The number of aryl methyl sites for hydroxylation is 2. The quantitative estimate of drug-likeness (QED) is 0.586. The highest BCUT2D eigenvalue weighted by Crippen LogP contribution is 2.37. The van der Waals surface area contributed by atoms with Crippen LogP contribution in [-0.4, -0.2) is 17.5 Å². The largest absolute Gasteiger partial charge is 0.493 e. The van der Waals surface area contributed by atoms with Crippen LogP contribution in [0.5, 0.6) is 5.75 Å². The van der Waals surface area contributed by atoms with E-state index < -0.39 is 0 Å². The number of carbonyl (C=O) groups excluding carboxylic acids is 1. The van der Waals surface area contributed by atoms with Gasteiger partial charge in [0.15, 0.2) is 0 Å². The van der Waals surface area contributed by atoms with Crippen molar-refractivity contribution in [1.82, 2.24) is 4.98 Å². The molecule has 6 heteroatoms. The fourth-order valence-corrected chi connectivity index (χ4v) is 3.06. The molecule has 0 aliphatic heterocycles. The van der Waals surface area contributed by atoms with E-state index in [4.69, 9.17) is 20.8 Å². The van der Waals surface area contributed by atoms with Gasteiger partial charge in [0, 0.05) is 28.8 Å². The number of pyridine rings is 1. The molecule has 2 heterocycles. The zero-order valence-electron chi connectivity index (χ0n) is 15.7. The maximum Gasteiger partial charge on any atom is 0.249 e. The maximum absolute atomic E-state index is 12.4. The third-order valence-corrected chi connectivity index (χ3v) is 4.50. The number of aromatic nitrogens is 1. The predicted molar refractivity (Wildman–Crippen MR) is 108 cm³/mol. The van der Waals surface area contributed by atoms with E-state index in [0.717, 1.165) is 39.0 Å². The number of carbonyl (C=O) groups is 1. The van der Waals surface area contributed by atoms with Crippen LogP contribution in [0.4, 0.5) is 5.82 Å². The van der Waals surface area contributed by atoms with Crippen LogP contribution in [0, 0.1) is 13.8 Å². The predicted octanol–water partition coefficient (Wildman–Crippen LogP) is 5.54. The van der Waals surface area contributed by atoms with Gasteiger partial charge in [-0.05, 0) is 57.0 Å². The van der Waals surface area contributed by atoms with Gasteiger partial charge in [0.25, 0.3) is 0 Å². The first-order valence-electron chi connectivity index (χ1n) is 8.66. The highest BCUT2D eigenvalue weighted by molar-refractivity contribution is 6.30. The van der Waals surface area contributed by atoms with E-state index in [1.54, 1.807) is 18.4 Å². The summed E-state index contributed by atoms with van der Waals surface area (Å²) in [4.78, 5) is 16.5. The van der Waals surface area contributed by atoms with E-state index in [9.17, 15) is 4.79 Å². The van der Waals surface area contributed by atoms with Crippen molar-refractivity contribution in [2.45, 2.75) is 27.7 Å². The number of anilines is 1. The fourth-order valence-electron chi connectivity index (χ4n) is 2.95. The van der Waals surface area contributed by atoms with Gasteiger partial charge in [-0.15, -0.1) is 0 Å². The first kappa shape index (κ1) is 19.0. The topological polar surface area (TPSA) is 64.4 Å². The molecule has 3 rings (SSSR count). The SMILES string of the molecule is CCOc1c(/C(C)=C/C(=O)Nc2ccc(Cl)cn2)cc2c(C)coc2c1C. The maximum atomic E-state index is 12.4. The Balaban J connectivity index is 1.97. The molecule has 27 heavy (non-hydrogen) atoms. The van der Waals surface area contributed by atoms with Crippen LogP contribution >= 0.6 is 11.6 Å². The number of rotatable bonds is 5. The number of amides is 1. The van der Waals surface area contributed by atoms with E-state index in [1.807, 2.05) is 33.8 Å². The summed E-state index contributed by atoms with van der Waals surface area (Å²) < 4.78 is 11.5. The Morgan fingerprint density at radius 2 is 2.15 bits per heavy atom. The van der Waals surface area contributed by atoms with Gasteiger partial charge in [-0.25, -0.2) is 4.98 Å². The van der Waals surface area contributed by atoms with Crippen molar-refractivity contribution >= 4 is 39.9 Å². The van der Waals surface area contributed by atoms with Crippen molar-refractivity contribution in [1.29, 1.82) is 0 Å². The molecule has 1 aromatic carbocycles. The number of benzene rings is 1. The Morgan fingerprint density at radius 3 is 2.81 bits per heavy atom. The lowest BCUT2D eigenvalue weighted by atomic mass is 9.98. The molecule has 3 aromatic rings. The summed E-state index contributed by atoms with van der Waals surface area (Å²) in [6.45, 7) is 8.29. The molecule has 2 aromatic heterocycles. The molecule has 0 saturated carbocycles. The van der Waals surface area contributed by atoms with Crippen LogP contribution in [0.25, 0.3) is 16.5 Å². The van der Waals surface area contributed by atoms with Crippen LogP contribution < -0.4 is 10.1 Å². The number of ether oxygens (including phenoxy) is 1. The second-order valence-corrected chi connectivity index (χ2v) is 6.72. The van der Waals surface area contributed by atoms with E-state index >= 15 is 0 Å². The van der Waals surface area contributed by atoms with Gasteiger partial charge >= 0.3 is 0 Å². The lowest BCUT2D eigenvalue weighted by Gasteiger charge is -2.14. The Morgan fingerprint density at radius 1 is 1.37 bits per heavy atom. The first-order chi connectivity index (χ1) is 12.9. The van der Waals surface area contributed by atoms with Crippen molar-refractivity contribution in [3.8, 4) is 5.75 Å². The second-order valence-electron chi connectivity index (χ2n) is 6.28. The summed E-state index contributed by atoms with van der Waals surface area (Å²) >= 11 is 5.82. The Bertz CT molecular complexity index is 1020. The molecule has 0 unspecified atom stereocenters. The van der Waals surface area contributed by atoms with E-state index in [2.05, 4.69) is 10.3 Å². The minimum atomic E-state index is -0.272. The molecule has 0 bridgehead atoms. The van der Waals surface area contributed by atoms with Crippen molar-refractivity contribution in [3.05, 3.63) is 58.4 Å². The number of fused-ring (bicyclic) bond motifs is 1. The zero-order valence-corrected chi connectivity index (χ0v) is 16.5. The molecule has 140 valence electrons. The van der Waals surface area contributed by atoms with Crippen LogP contribution in [-0.2, 0) is 4.79 Å². The third kappa shape index (κ3) is 3.98. The van der Waals surface area contributed by atoms with E-state index in [1.165, 1.54) is 12.3 Å². The number of furan rings is 1. The molecule has 0 atom stereocenters. The second kappa shape index (κ2) is 7.84. The summed E-state index contributed by atoms with van der Waals surface area (Å²) in [7, 11) is 0. The monoisotopic (exact) mass is 384 g/mol. The van der Waals surface area contributed by atoms with Gasteiger partial charge in [0.2, 0.25) is 5.91 Å². The van der Waals surface area contributed by atoms with Gasteiger partial charge < -0.3 is 14.5 Å². The van der Waals surface area contributed by atoms with Crippen molar-refractivity contribution < 1.29 is 13.9 Å². The smallest absolute Gasteiger partial charge is 0.249 e. The van der Waals surface area contributed by atoms with E-state index in [0.29, 0.717) is 17.4 Å². The van der Waals surface area contributed by atoms with Crippen molar-refractivity contribution in [3.63, 3.8) is 0 Å². The molecule has 1 amide bonds. The standard InChI is InChI=1S/C21H21ClN2O3/c1-5-26-20-14(4)21-17(13(3)11-27-21)9-16(20)12(2)8-19(25)24-18-7-6-15(22)10-23-18/h6-11H,5H2,1-4H3,(H,23,24,25)/b12-8+. The fraction of sp³-hybridized carbons (Fsp3) is 0.238. The number of nitrogens with one attached hydrogen (secondary N) is 1. The molecule has 0 radical (unpaired) electrons. The molecule has 0 saturated heterocycles. The zero-order chi connectivity index (χ0) is 19.6. The highest BCUT2D eigenvalue weighted by Gasteiger charge is 2.17. The molecular formula is C21H21ClN2O3. The summed E-state index contributed by atoms with van der Waals surface area (Å²) in [6.07, 6.45) is 4.75. The molecule has 5 nitrogen and oxygen atoms in total. The van der Waals surface area contributed by atoms with Crippen LogP contribution in [0.15, 0.2) is 41.2 Å². The average Bonchev–Trinajstić information content (AvgIpc) is 3.00. The number of halogens is 1. The minimum Gasteiger partial charge on any atom is -0.493 e. The number of allylic oxidation sites excluding steroid dienone is 1. The Hall–Kier alpha value is -2.79.